The molecular formula is C14H17NO2. The highest BCUT2D eigenvalue weighted by Gasteiger charge is 2.12. The molecule has 0 aliphatic carbocycles. The predicted octanol–water partition coefficient (Wildman–Crippen LogP) is 2.85. The molecule has 0 atom stereocenters. The summed E-state index contributed by atoms with van der Waals surface area (Å²) in [5.41, 5.74) is 1.91. The summed E-state index contributed by atoms with van der Waals surface area (Å²) < 4.78 is 2.05. The molecule has 1 N–H and O–H groups in total. The smallest absolute Gasteiger partial charge is 0.189 e. The lowest BCUT2D eigenvalue weighted by Gasteiger charge is -2.15. The number of phenols is 1. The number of benzene rings is 1. The lowest BCUT2D eigenvalue weighted by molar-refractivity contribution is 0.475. The van der Waals surface area contributed by atoms with Gasteiger partial charge in [-0.05, 0) is 30.5 Å². The second-order valence-corrected chi connectivity index (χ2v) is 4.55. The summed E-state index contributed by atoms with van der Waals surface area (Å²) in [5.74, 6) is 0.427. The van der Waals surface area contributed by atoms with Gasteiger partial charge in [-0.15, -0.1) is 0 Å². The molecule has 0 saturated heterocycles. The van der Waals surface area contributed by atoms with E-state index in [2.05, 4.69) is 13.8 Å². The van der Waals surface area contributed by atoms with Crippen LogP contribution < -0.4 is 5.43 Å². The molecule has 0 saturated carbocycles. The van der Waals surface area contributed by atoms with Gasteiger partial charge in [0.1, 0.15) is 5.75 Å². The highest BCUT2D eigenvalue weighted by Crippen LogP contribution is 2.28. The molecule has 2 rings (SSSR count). The van der Waals surface area contributed by atoms with E-state index in [1.54, 1.807) is 18.2 Å². The molecule has 17 heavy (non-hydrogen) atoms. The largest absolute Gasteiger partial charge is 0.508 e. The lowest BCUT2D eigenvalue weighted by Crippen LogP contribution is -2.09. The number of rotatable bonds is 2. The summed E-state index contributed by atoms with van der Waals surface area (Å²) in [7, 11) is 0. The van der Waals surface area contributed by atoms with Crippen molar-refractivity contribution in [3.8, 4) is 5.75 Å². The van der Waals surface area contributed by atoms with Gasteiger partial charge in [-0.1, -0.05) is 13.8 Å². The van der Waals surface area contributed by atoms with Gasteiger partial charge in [0.05, 0.1) is 5.52 Å². The van der Waals surface area contributed by atoms with E-state index in [9.17, 15) is 9.90 Å². The molecule has 3 nitrogen and oxygen atoms in total. The van der Waals surface area contributed by atoms with Crippen LogP contribution in [0.4, 0.5) is 0 Å². The van der Waals surface area contributed by atoms with Crippen molar-refractivity contribution in [3.63, 3.8) is 0 Å². The summed E-state index contributed by atoms with van der Waals surface area (Å²) in [4.78, 5) is 11.8. The Hall–Kier alpha value is -1.77. The van der Waals surface area contributed by atoms with Crippen molar-refractivity contribution in [1.82, 2.24) is 4.57 Å². The van der Waals surface area contributed by atoms with E-state index in [4.69, 9.17) is 0 Å². The molecule has 0 unspecified atom stereocenters. The third kappa shape index (κ3) is 1.93. The number of pyridine rings is 1. The van der Waals surface area contributed by atoms with Crippen LogP contribution in [0.25, 0.3) is 10.9 Å². The third-order valence-corrected chi connectivity index (χ3v) is 3.05. The number of aromatic nitrogens is 1. The Bertz CT molecular complexity index is 611. The molecule has 90 valence electrons. The molecule has 0 radical (unpaired) electrons. The summed E-state index contributed by atoms with van der Waals surface area (Å²) in [5, 5.41) is 10.3. The Kier molecular flexibility index (Phi) is 2.92. The van der Waals surface area contributed by atoms with Gasteiger partial charge in [-0.25, -0.2) is 0 Å². The fourth-order valence-electron chi connectivity index (χ4n) is 2.18. The van der Waals surface area contributed by atoms with E-state index in [1.165, 1.54) is 0 Å². The van der Waals surface area contributed by atoms with Gasteiger partial charge >= 0.3 is 0 Å². The van der Waals surface area contributed by atoms with Gasteiger partial charge in [0, 0.05) is 24.2 Å². The summed E-state index contributed by atoms with van der Waals surface area (Å²) in [6.07, 6.45) is 1.81. The van der Waals surface area contributed by atoms with E-state index in [0.29, 0.717) is 5.39 Å². The number of phenolic OH excluding ortho intramolecular Hbond substituents is 1. The van der Waals surface area contributed by atoms with Crippen molar-refractivity contribution in [1.29, 1.82) is 0 Å². The van der Waals surface area contributed by atoms with Crippen LogP contribution in [-0.2, 0) is 6.54 Å². The SMILES string of the molecule is CCn1ccc(=O)c2cc(O)cc(C(C)C)c21. The molecule has 0 aliphatic rings. The number of aryl methyl sites for hydroxylation is 1. The zero-order valence-electron chi connectivity index (χ0n) is 10.4. The molecule has 0 bridgehead atoms. The van der Waals surface area contributed by atoms with Gasteiger partial charge < -0.3 is 9.67 Å². The normalized spacial score (nSPS) is 11.3. The predicted molar refractivity (Wildman–Crippen MR) is 69.6 cm³/mol. The Balaban J connectivity index is 2.98. The molecular weight excluding hydrogens is 214 g/mol. The Labute approximate surface area is 100 Å². The van der Waals surface area contributed by atoms with Gasteiger partial charge in [0.15, 0.2) is 5.43 Å². The summed E-state index contributed by atoms with van der Waals surface area (Å²) in [6, 6.07) is 4.85. The van der Waals surface area contributed by atoms with Crippen molar-refractivity contribution < 1.29 is 5.11 Å². The van der Waals surface area contributed by atoms with Crippen molar-refractivity contribution >= 4 is 10.9 Å². The van der Waals surface area contributed by atoms with Crippen LogP contribution in [0.2, 0.25) is 0 Å². The fraction of sp³-hybridized carbons (Fsp3) is 0.357. The molecule has 1 heterocycles. The maximum Gasteiger partial charge on any atom is 0.189 e. The lowest BCUT2D eigenvalue weighted by atomic mass is 9.98. The van der Waals surface area contributed by atoms with Crippen molar-refractivity contribution in [2.24, 2.45) is 0 Å². The maximum atomic E-state index is 11.8. The van der Waals surface area contributed by atoms with Gasteiger partial charge in [-0.2, -0.15) is 0 Å². The van der Waals surface area contributed by atoms with E-state index < -0.39 is 0 Å². The zero-order valence-corrected chi connectivity index (χ0v) is 10.4. The number of fused-ring (bicyclic) bond motifs is 1. The second-order valence-electron chi connectivity index (χ2n) is 4.55. The minimum atomic E-state index is -0.0394. The van der Waals surface area contributed by atoms with Crippen molar-refractivity contribution in [2.75, 3.05) is 0 Å². The highest BCUT2D eigenvalue weighted by atomic mass is 16.3. The first-order chi connectivity index (χ1) is 8.04. The maximum absolute atomic E-state index is 11.8. The summed E-state index contributed by atoms with van der Waals surface area (Å²) in [6.45, 7) is 6.97. The van der Waals surface area contributed by atoms with Crippen molar-refractivity contribution in [2.45, 2.75) is 33.2 Å². The minimum absolute atomic E-state index is 0.0394. The first kappa shape index (κ1) is 11.7. The number of hydrogen-bond donors (Lipinski definition) is 1. The van der Waals surface area contributed by atoms with E-state index in [1.807, 2.05) is 17.7 Å². The molecule has 1 aromatic carbocycles. The molecule has 0 amide bonds. The van der Waals surface area contributed by atoms with E-state index in [0.717, 1.165) is 17.6 Å². The topological polar surface area (TPSA) is 42.2 Å². The summed E-state index contributed by atoms with van der Waals surface area (Å²) >= 11 is 0. The zero-order chi connectivity index (χ0) is 12.6. The van der Waals surface area contributed by atoms with Gasteiger partial charge in [-0.3, -0.25) is 4.79 Å². The fourth-order valence-corrected chi connectivity index (χ4v) is 2.18. The molecule has 3 heteroatoms. The third-order valence-electron chi connectivity index (χ3n) is 3.05. The number of aromatic hydroxyl groups is 1. The van der Waals surface area contributed by atoms with Crippen LogP contribution in [0.5, 0.6) is 5.75 Å². The van der Waals surface area contributed by atoms with Crippen LogP contribution in [0.1, 0.15) is 32.3 Å². The van der Waals surface area contributed by atoms with Gasteiger partial charge in [0.2, 0.25) is 0 Å². The minimum Gasteiger partial charge on any atom is -0.508 e. The first-order valence-electron chi connectivity index (χ1n) is 5.90. The molecule has 2 aromatic rings. The standard InChI is InChI=1S/C14H17NO2/c1-4-15-6-5-13(17)12-8-10(16)7-11(9(2)3)14(12)15/h5-9,16H,4H2,1-3H3. The van der Waals surface area contributed by atoms with Crippen LogP contribution in [0.3, 0.4) is 0 Å². The van der Waals surface area contributed by atoms with Crippen LogP contribution in [0.15, 0.2) is 29.2 Å². The highest BCUT2D eigenvalue weighted by molar-refractivity contribution is 5.84. The average molecular weight is 231 g/mol. The number of hydrogen-bond acceptors (Lipinski definition) is 2. The molecule has 0 aliphatic heterocycles. The Morgan fingerprint density at radius 3 is 2.65 bits per heavy atom. The number of nitrogens with zero attached hydrogens (tertiary/aromatic N) is 1. The van der Waals surface area contributed by atoms with E-state index in [-0.39, 0.29) is 17.1 Å². The Morgan fingerprint density at radius 2 is 2.06 bits per heavy atom. The van der Waals surface area contributed by atoms with Crippen LogP contribution in [0, 0.1) is 0 Å². The van der Waals surface area contributed by atoms with Gasteiger partial charge in [0.25, 0.3) is 0 Å². The monoisotopic (exact) mass is 231 g/mol. The molecule has 1 aromatic heterocycles. The first-order valence-corrected chi connectivity index (χ1v) is 5.90. The Morgan fingerprint density at radius 1 is 1.35 bits per heavy atom. The van der Waals surface area contributed by atoms with Crippen LogP contribution >= 0.6 is 0 Å². The van der Waals surface area contributed by atoms with Crippen LogP contribution in [-0.4, -0.2) is 9.67 Å². The van der Waals surface area contributed by atoms with Crippen molar-refractivity contribution in [3.05, 3.63) is 40.2 Å². The van der Waals surface area contributed by atoms with E-state index >= 15 is 0 Å². The second kappa shape index (κ2) is 4.24. The average Bonchev–Trinajstić information content (AvgIpc) is 2.29. The quantitative estimate of drug-likeness (QED) is 0.863. The molecule has 0 spiro atoms. The molecule has 0 fully saturated rings.